The van der Waals surface area contributed by atoms with E-state index in [1.165, 1.54) is 5.57 Å². The van der Waals surface area contributed by atoms with Crippen LogP contribution < -0.4 is 10.6 Å². The summed E-state index contributed by atoms with van der Waals surface area (Å²) in [5.41, 5.74) is 4.98. The summed E-state index contributed by atoms with van der Waals surface area (Å²) in [6, 6.07) is 9.59. The lowest BCUT2D eigenvalue weighted by molar-refractivity contribution is 0.0956. The van der Waals surface area contributed by atoms with Crippen molar-refractivity contribution in [2.75, 3.05) is 19.6 Å². The molecule has 2 aromatic rings. The highest BCUT2D eigenvalue weighted by Gasteiger charge is 2.17. The zero-order chi connectivity index (χ0) is 17.1. The van der Waals surface area contributed by atoms with E-state index in [0.29, 0.717) is 11.6 Å². The summed E-state index contributed by atoms with van der Waals surface area (Å²) in [5, 5.41) is 7.02. The lowest BCUT2D eigenvalue weighted by atomic mass is 10.1. The predicted octanol–water partition coefficient (Wildman–Crippen LogP) is 3.82. The largest absolute Gasteiger partial charge is 0.348 e. The minimum absolute atomic E-state index is 0. The summed E-state index contributed by atoms with van der Waals surface area (Å²) < 4.78 is 2.08. The van der Waals surface area contributed by atoms with E-state index in [2.05, 4.69) is 21.3 Å². The second-order valence-corrected chi connectivity index (χ2v) is 6.53. The highest BCUT2D eigenvalue weighted by molar-refractivity contribution is 6.30. The van der Waals surface area contributed by atoms with E-state index in [0.717, 1.165) is 42.1 Å². The molecule has 1 aromatic heterocycles. The molecule has 25 heavy (non-hydrogen) atoms. The van der Waals surface area contributed by atoms with Crippen molar-refractivity contribution >= 4 is 29.9 Å². The quantitative estimate of drug-likeness (QED) is 0.793. The first-order chi connectivity index (χ1) is 11.6. The van der Waals surface area contributed by atoms with Gasteiger partial charge in [0.05, 0.1) is 5.56 Å². The number of hydrogen-bond donors (Lipinski definition) is 2. The van der Waals surface area contributed by atoms with Crippen molar-refractivity contribution in [2.45, 2.75) is 20.3 Å². The third-order valence-corrected chi connectivity index (χ3v) is 4.65. The van der Waals surface area contributed by atoms with Gasteiger partial charge in [-0.15, -0.1) is 12.4 Å². The summed E-state index contributed by atoms with van der Waals surface area (Å²) in [4.78, 5) is 12.6. The molecule has 0 fully saturated rings. The summed E-state index contributed by atoms with van der Waals surface area (Å²) in [6.07, 6.45) is 3.14. The molecule has 134 valence electrons. The second kappa shape index (κ2) is 8.56. The van der Waals surface area contributed by atoms with Crippen molar-refractivity contribution in [3.05, 3.63) is 64.0 Å². The zero-order valence-electron chi connectivity index (χ0n) is 14.4. The first-order valence-electron chi connectivity index (χ1n) is 8.18. The van der Waals surface area contributed by atoms with Crippen LogP contribution in [0.1, 0.15) is 28.2 Å². The van der Waals surface area contributed by atoms with Crippen LogP contribution in [0.25, 0.3) is 5.69 Å². The van der Waals surface area contributed by atoms with Gasteiger partial charge in [0.2, 0.25) is 0 Å². The van der Waals surface area contributed by atoms with Gasteiger partial charge in [-0.1, -0.05) is 23.3 Å². The van der Waals surface area contributed by atoms with E-state index >= 15 is 0 Å². The highest BCUT2D eigenvalue weighted by atomic mass is 35.5. The van der Waals surface area contributed by atoms with Gasteiger partial charge in [0.15, 0.2) is 0 Å². The molecule has 1 aliphatic heterocycles. The Bertz CT molecular complexity index is 779. The molecule has 0 aliphatic carbocycles. The molecule has 4 nitrogen and oxygen atoms in total. The van der Waals surface area contributed by atoms with Crippen molar-refractivity contribution in [1.82, 2.24) is 15.2 Å². The van der Waals surface area contributed by atoms with Crippen LogP contribution in [0.5, 0.6) is 0 Å². The number of aryl methyl sites for hydroxylation is 1. The van der Waals surface area contributed by atoms with Crippen LogP contribution in [0, 0.1) is 13.8 Å². The molecule has 1 aliphatic rings. The molecular formula is C19H23Cl2N3O. The number of aromatic nitrogens is 1. The van der Waals surface area contributed by atoms with Crippen molar-refractivity contribution in [1.29, 1.82) is 0 Å². The molecule has 0 radical (unpaired) electrons. The standard InChI is InChI=1S/C19H22ClN3O.ClH/c1-13-11-18(19(24)22-12-15-7-9-21-10-8-15)14(2)23(13)17-5-3-16(20)4-6-17;/h3-7,11,21H,8-10,12H2,1-2H3,(H,22,24);1H. The molecule has 2 heterocycles. The van der Waals surface area contributed by atoms with Crippen LogP contribution >= 0.6 is 24.0 Å². The number of rotatable bonds is 4. The molecule has 0 bridgehead atoms. The van der Waals surface area contributed by atoms with E-state index in [4.69, 9.17) is 11.6 Å². The summed E-state index contributed by atoms with van der Waals surface area (Å²) >= 11 is 5.97. The molecule has 0 atom stereocenters. The Hall–Kier alpha value is -1.75. The van der Waals surface area contributed by atoms with Gasteiger partial charge in [-0.3, -0.25) is 4.79 Å². The van der Waals surface area contributed by atoms with Gasteiger partial charge >= 0.3 is 0 Å². The van der Waals surface area contributed by atoms with Gasteiger partial charge in [-0.2, -0.15) is 0 Å². The minimum Gasteiger partial charge on any atom is -0.348 e. The fraction of sp³-hybridized carbons (Fsp3) is 0.316. The van der Waals surface area contributed by atoms with Gasteiger partial charge in [-0.05, 0) is 57.1 Å². The predicted molar refractivity (Wildman–Crippen MR) is 105 cm³/mol. The molecule has 1 amide bonds. The van der Waals surface area contributed by atoms with Gasteiger partial charge in [0.1, 0.15) is 0 Å². The Balaban J connectivity index is 0.00000225. The van der Waals surface area contributed by atoms with Crippen LogP contribution in [0.15, 0.2) is 42.0 Å². The van der Waals surface area contributed by atoms with Crippen LogP contribution in [0.3, 0.4) is 0 Å². The van der Waals surface area contributed by atoms with Gasteiger partial charge in [0, 0.05) is 35.2 Å². The monoisotopic (exact) mass is 379 g/mol. The number of benzene rings is 1. The number of hydrogen-bond acceptors (Lipinski definition) is 2. The minimum atomic E-state index is -0.0252. The van der Waals surface area contributed by atoms with Gasteiger partial charge < -0.3 is 15.2 Å². The van der Waals surface area contributed by atoms with E-state index in [9.17, 15) is 4.79 Å². The molecule has 2 N–H and O–H groups in total. The molecule has 0 saturated carbocycles. The topological polar surface area (TPSA) is 46.1 Å². The SMILES string of the molecule is Cc1cc(C(=O)NCC2=CCNCC2)c(C)n1-c1ccc(Cl)cc1.Cl. The molecule has 3 rings (SSSR count). The molecule has 0 saturated heterocycles. The lowest BCUT2D eigenvalue weighted by Gasteiger charge is -2.14. The highest BCUT2D eigenvalue weighted by Crippen LogP contribution is 2.22. The maximum Gasteiger partial charge on any atom is 0.253 e. The second-order valence-electron chi connectivity index (χ2n) is 6.10. The normalized spacial score (nSPS) is 13.8. The first kappa shape index (κ1) is 19.6. The number of carbonyl (C=O) groups excluding carboxylic acids is 1. The van der Waals surface area contributed by atoms with Crippen molar-refractivity contribution in [2.24, 2.45) is 0 Å². The summed E-state index contributed by atoms with van der Waals surface area (Å²) in [6.45, 7) is 6.46. The lowest BCUT2D eigenvalue weighted by Crippen LogP contribution is -2.29. The Kier molecular flexibility index (Phi) is 6.71. The fourth-order valence-electron chi connectivity index (χ4n) is 3.10. The number of nitrogens with zero attached hydrogens (tertiary/aromatic N) is 1. The maximum absolute atomic E-state index is 12.6. The van der Waals surface area contributed by atoms with Gasteiger partial charge in [-0.25, -0.2) is 0 Å². The Labute approximate surface area is 159 Å². The number of nitrogens with one attached hydrogen (secondary N) is 2. The Morgan fingerprint density at radius 3 is 2.64 bits per heavy atom. The van der Waals surface area contributed by atoms with Crippen LogP contribution in [0.2, 0.25) is 5.02 Å². The average Bonchev–Trinajstić information content (AvgIpc) is 2.89. The van der Waals surface area contributed by atoms with Crippen LogP contribution in [-0.2, 0) is 0 Å². The van der Waals surface area contributed by atoms with Gasteiger partial charge in [0.25, 0.3) is 5.91 Å². The van der Waals surface area contributed by atoms with E-state index in [1.807, 2.05) is 44.2 Å². The van der Waals surface area contributed by atoms with Crippen molar-refractivity contribution < 1.29 is 4.79 Å². The van der Waals surface area contributed by atoms with Crippen molar-refractivity contribution in [3.8, 4) is 5.69 Å². The first-order valence-corrected chi connectivity index (χ1v) is 8.56. The number of amides is 1. The molecule has 0 unspecified atom stereocenters. The molecule has 6 heteroatoms. The Morgan fingerprint density at radius 2 is 2.00 bits per heavy atom. The molecule has 1 aromatic carbocycles. The average molecular weight is 380 g/mol. The number of carbonyl (C=O) groups is 1. The summed E-state index contributed by atoms with van der Waals surface area (Å²) in [5.74, 6) is -0.0252. The summed E-state index contributed by atoms with van der Waals surface area (Å²) in [7, 11) is 0. The molecule has 0 spiro atoms. The number of halogens is 2. The molecular weight excluding hydrogens is 357 g/mol. The third kappa shape index (κ3) is 4.46. The Morgan fingerprint density at radius 1 is 1.28 bits per heavy atom. The van der Waals surface area contributed by atoms with E-state index in [1.54, 1.807) is 0 Å². The smallest absolute Gasteiger partial charge is 0.253 e. The fourth-order valence-corrected chi connectivity index (χ4v) is 3.23. The van der Waals surface area contributed by atoms with E-state index < -0.39 is 0 Å². The third-order valence-electron chi connectivity index (χ3n) is 4.39. The van der Waals surface area contributed by atoms with Crippen LogP contribution in [0.4, 0.5) is 0 Å². The zero-order valence-corrected chi connectivity index (χ0v) is 16.0. The van der Waals surface area contributed by atoms with Crippen LogP contribution in [-0.4, -0.2) is 30.1 Å². The van der Waals surface area contributed by atoms with Crippen molar-refractivity contribution in [3.63, 3.8) is 0 Å². The maximum atomic E-state index is 12.6. The van der Waals surface area contributed by atoms with E-state index in [-0.39, 0.29) is 18.3 Å².